The van der Waals surface area contributed by atoms with E-state index in [-0.39, 0.29) is 12.3 Å². The predicted molar refractivity (Wildman–Crippen MR) is 63.1 cm³/mol. The fourth-order valence-corrected chi connectivity index (χ4v) is 3.34. The third kappa shape index (κ3) is 2.48. The maximum Gasteiger partial charge on any atom is 0.236 e. The van der Waals surface area contributed by atoms with Crippen molar-refractivity contribution in [2.24, 2.45) is 5.73 Å². The highest BCUT2D eigenvalue weighted by atomic mass is 32.2. The number of hydrogen-bond donors (Lipinski definition) is 1. The lowest BCUT2D eigenvalue weighted by Crippen LogP contribution is -2.57. The quantitative estimate of drug-likeness (QED) is 0.813. The maximum atomic E-state index is 12.0. The van der Waals surface area contributed by atoms with Gasteiger partial charge in [-0.05, 0) is 5.56 Å². The number of nitrogens with two attached hydrogens (primary N) is 1. The molecule has 2 N–H and O–H groups in total. The van der Waals surface area contributed by atoms with Gasteiger partial charge < -0.3 is 5.73 Å². The van der Waals surface area contributed by atoms with Crippen LogP contribution in [0.15, 0.2) is 30.3 Å². The molecule has 1 unspecified atom stereocenters. The van der Waals surface area contributed by atoms with Gasteiger partial charge in [-0.2, -0.15) is 4.31 Å². The number of carbonyl (C=O) groups excluding carboxylic acids is 1. The molecule has 6 heteroatoms. The third-order valence-corrected chi connectivity index (χ3v) is 4.45. The number of sulfonamides is 1. The van der Waals surface area contributed by atoms with Gasteiger partial charge in [0.05, 0.1) is 5.75 Å². The standard InChI is InChI=1S/C11H13N2O3S/c12-11(14)10-6-7-13(10)17(15,16)8-9-4-2-1-3-5-9/h1-6,10H,7-8H2,(H2,12,14). The summed E-state index contributed by atoms with van der Waals surface area (Å²) in [6, 6.07) is 8.06. The van der Waals surface area contributed by atoms with Crippen LogP contribution in [0.1, 0.15) is 5.56 Å². The Balaban J connectivity index is 2.13. The highest BCUT2D eigenvalue weighted by Crippen LogP contribution is 2.23. The van der Waals surface area contributed by atoms with Gasteiger partial charge in [0.2, 0.25) is 15.9 Å². The first kappa shape index (κ1) is 12.1. The summed E-state index contributed by atoms with van der Waals surface area (Å²) >= 11 is 0. The lowest BCUT2D eigenvalue weighted by molar-refractivity contribution is -0.122. The average molecular weight is 253 g/mol. The molecule has 1 aliphatic rings. The SMILES string of the molecule is NC(=O)C1[CH]CN1S(=O)(=O)Cc1ccccc1. The summed E-state index contributed by atoms with van der Waals surface area (Å²) in [7, 11) is -3.47. The first-order valence-corrected chi connectivity index (χ1v) is 6.78. The molecule has 1 fully saturated rings. The molecule has 0 saturated carbocycles. The second-order valence-electron chi connectivity index (χ2n) is 3.89. The molecule has 5 nitrogen and oxygen atoms in total. The molecular weight excluding hydrogens is 240 g/mol. The molecule has 1 atom stereocenters. The Morgan fingerprint density at radius 2 is 2.00 bits per heavy atom. The Hall–Kier alpha value is -1.40. The first-order chi connectivity index (χ1) is 8.00. The van der Waals surface area contributed by atoms with Crippen LogP contribution in [-0.2, 0) is 20.6 Å². The van der Waals surface area contributed by atoms with Gasteiger partial charge in [0.25, 0.3) is 0 Å². The topological polar surface area (TPSA) is 80.5 Å². The van der Waals surface area contributed by atoms with Crippen LogP contribution in [0.2, 0.25) is 0 Å². The van der Waals surface area contributed by atoms with E-state index in [4.69, 9.17) is 5.73 Å². The summed E-state index contributed by atoms with van der Waals surface area (Å²) in [5.74, 6) is -0.737. The molecule has 1 amide bonds. The van der Waals surface area contributed by atoms with E-state index in [0.29, 0.717) is 5.56 Å². The van der Waals surface area contributed by atoms with Crippen LogP contribution in [-0.4, -0.2) is 31.2 Å². The second-order valence-corrected chi connectivity index (χ2v) is 5.82. The fraction of sp³-hybridized carbons (Fsp3) is 0.273. The summed E-state index contributed by atoms with van der Waals surface area (Å²) in [4.78, 5) is 11.0. The third-order valence-electron chi connectivity index (χ3n) is 2.66. The minimum Gasteiger partial charge on any atom is -0.368 e. The summed E-state index contributed by atoms with van der Waals surface area (Å²) < 4.78 is 25.1. The van der Waals surface area contributed by atoms with E-state index >= 15 is 0 Å². The highest BCUT2D eigenvalue weighted by molar-refractivity contribution is 7.88. The molecule has 17 heavy (non-hydrogen) atoms. The van der Waals surface area contributed by atoms with Crippen molar-refractivity contribution in [3.05, 3.63) is 42.3 Å². The molecule has 1 saturated heterocycles. The van der Waals surface area contributed by atoms with E-state index in [1.165, 1.54) is 0 Å². The number of rotatable bonds is 4. The lowest BCUT2D eigenvalue weighted by Gasteiger charge is -2.36. The van der Waals surface area contributed by atoms with Crippen LogP contribution in [0.4, 0.5) is 0 Å². The molecule has 1 radical (unpaired) electrons. The van der Waals surface area contributed by atoms with Gasteiger partial charge in [-0.3, -0.25) is 4.79 Å². The monoisotopic (exact) mass is 253 g/mol. The van der Waals surface area contributed by atoms with Crippen LogP contribution >= 0.6 is 0 Å². The molecule has 0 spiro atoms. The number of carbonyl (C=O) groups is 1. The van der Waals surface area contributed by atoms with Gasteiger partial charge in [-0.1, -0.05) is 30.3 Å². The van der Waals surface area contributed by atoms with Crippen molar-refractivity contribution in [3.8, 4) is 0 Å². The van der Waals surface area contributed by atoms with Crippen molar-refractivity contribution in [3.63, 3.8) is 0 Å². The van der Waals surface area contributed by atoms with Crippen molar-refractivity contribution >= 4 is 15.9 Å². The summed E-state index contributed by atoms with van der Waals surface area (Å²) in [5.41, 5.74) is 5.80. The number of amides is 1. The Labute approximate surface area is 100 Å². The number of primary amides is 1. The Morgan fingerprint density at radius 3 is 2.47 bits per heavy atom. The molecule has 1 aliphatic heterocycles. The number of nitrogens with zero attached hydrogens (tertiary/aromatic N) is 1. The Kier molecular flexibility index (Phi) is 3.17. The Morgan fingerprint density at radius 1 is 1.35 bits per heavy atom. The second kappa shape index (κ2) is 4.46. The van der Waals surface area contributed by atoms with Gasteiger partial charge >= 0.3 is 0 Å². The van der Waals surface area contributed by atoms with Crippen molar-refractivity contribution in [2.45, 2.75) is 11.8 Å². The molecular formula is C11H13N2O3S. The van der Waals surface area contributed by atoms with Crippen LogP contribution in [0, 0.1) is 6.42 Å². The maximum absolute atomic E-state index is 12.0. The van der Waals surface area contributed by atoms with Crippen LogP contribution in [0.3, 0.4) is 0 Å². The summed E-state index contributed by atoms with van der Waals surface area (Å²) in [5, 5.41) is 0. The number of benzene rings is 1. The van der Waals surface area contributed by atoms with Gasteiger partial charge in [0.15, 0.2) is 0 Å². The van der Waals surface area contributed by atoms with Crippen LogP contribution in [0.25, 0.3) is 0 Å². The van der Waals surface area contributed by atoms with E-state index < -0.39 is 22.0 Å². The molecule has 1 aromatic rings. The van der Waals surface area contributed by atoms with Crippen molar-refractivity contribution in [1.82, 2.24) is 4.31 Å². The zero-order valence-corrected chi connectivity index (χ0v) is 9.93. The highest BCUT2D eigenvalue weighted by Gasteiger charge is 2.41. The van der Waals surface area contributed by atoms with Crippen molar-refractivity contribution in [1.29, 1.82) is 0 Å². The molecule has 1 aromatic carbocycles. The fourth-order valence-electron chi connectivity index (χ4n) is 1.71. The van der Waals surface area contributed by atoms with Gasteiger partial charge in [0, 0.05) is 13.0 Å². The van der Waals surface area contributed by atoms with Crippen molar-refractivity contribution < 1.29 is 13.2 Å². The van der Waals surface area contributed by atoms with E-state index in [1.54, 1.807) is 30.7 Å². The van der Waals surface area contributed by atoms with Crippen molar-refractivity contribution in [2.75, 3.05) is 6.54 Å². The minimum atomic E-state index is -3.47. The van der Waals surface area contributed by atoms with E-state index in [2.05, 4.69) is 0 Å². The average Bonchev–Trinajstić information content (AvgIpc) is 2.14. The van der Waals surface area contributed by atoms with Gasteiger partial charge in [0.1, 0.15) is 6.04 Å². The predicted octanol–water partition coefficient (Wildman–Crippen LogP) is -0.110. The van der Waals surface area contributed by atoms with Gasteiger partial charge in [-0.25, -0.2) is 8.42 Å². The molecule has 1 heterocycles. The van der Waals surface area contributed by atoms with E-state index in [9.17, 15) is 13.2 Å². The zero-order chi connectivity index (χ0) is 12.5. The van der Waals surface area contributed by atoms with Gasteiger partial charge in [-0.15, -0.1) is 0 Å². The molecule has 0 aromatic heterocycles. The normalized spacial score (nSPS) is 20.8. The molecule has 91 valence electrons. The summed E-state index contributed by atoms with van der Waals surface area (Å²) in [6.45, 7) is 0.253. The lowest BCUT2D eigenvalue weighted by atomic mass is 10.1. The van der Waals surface area contributed by atoms with E-state index in [0.717, 1.165) is 4.31 Å². The first-order valence-electron chi connectivity index (χ1n) is 5.17. The minimum absolute atomic E-state index is 0.106. The summed E-state index contributed by atoms with van der Waals surface area (Å²) in [6.07, 6.45) is 1.59. The molecule has 0 aliphatic carbocycles. The zero-order valence-electron chi connectivity index (χ0n) is 9.11. The smallest absolute Gasteiger partial charge is 0.236 e. The van der Waals surface area contributed by atoms with E-state index in [1.807, 2.05) is 6.07 Å². The van der Waals surface area contributed by atoms with Crippen LogP contribution in [0.5, 0.6) is 0 Å². The number of hydrogen-bond acceptors (Lipinski definition) is 3. The van der Waals surface area contributed by atoms with Crippen LogP contribution < -0.4 is 5.73 Å². The largest absolute Gasteiger partial charge is 0.368 e. The Bertz CT molecular complexity index is 513. The molecule has 2 rings (SSSR count). The molecule has 0 bridgehead atoms.